The zero-order chi connectivity index (χ0) is 13.6. The molecule has 1 heterocycles. The number of rotatable bonds is 4. The first-order valence-electron chi connectivity index (χ1n) is 6.63. The van der Waals surface area contributed by atoms with Gasteiger partial charge in [0.2, 0.25) is 0 Å². The highest BCUT2D eigenvalue weighted by Gasteiger charge is 2.06. The molecule has 3 rings (SSSR count). The fraction of sp³-hybridized carbons (Fsp3) is 0.188. The summed E-state index contributed by atoms with van der Waals surface area (Å²) in [6.45, 7) is 1.85. The fourth-order valence-corrected chi connectivity index (χ4v) is 2.82. The minimum Gasteiger partial charge on any atom is -0.457 e. The Morgan fingerprint density at radius 3 is 2.70 bits per heavy atom. The summed E-state index contributed by atoms with van der Waals surface area (Å²) in [5.41, 5.74) is 1.24. The molecule has 102 valence electrons. The van der Waals surface area contributed by atoms with E-state index in [4.69, 9.17) is 4.74 Å². The molecule has 1 aliphatic rings. The number of para-hydroxylation sites is 1. The van der Waals surface area contributed by atoms with Gasteiger partial charge in [-0.05, 0) is 29.8 Å². The van der Waals surface area contributed by atoms with E-state index < -0.39 is 0 Å². The zero-order valence-electron chi connectivity index (χ0n) is 11.1. The molecule has 0 bridgehead atoms. The van der Waals surface area contributed by atoms with Crippen molar-refractivity contribution in [1.29, 1.82) is 0 Å². The van der Waals surface area contributed by atoms with E-state index in [0.717, 1.165) is 35.5 Å². The molecule has 0 amide bonds. The first-order chi connectivity index (χ1) is 9.90. The van der Waals surface area contributed by atoms with Crippen LogP contribution in [0.2, 0.25) is 0 Å². The molecule has 0 radical (unpaired) electrons. The van der Waals surface area contributed by atoms with E-state index in [2.05, 4.69) is 22.4 Å². The summed E-state index contributed by atoms with van der Waals surface area (Å²) in [6, 6.07) is 18.0. The molecule has 0 saturated heterocycles. The highest BCUT2D eigenvalue weighted by atomic mass is 32.2. The quantitative estimate of drug-likeness (QED) is 0.930. The second-order valence-electron chi connectivity index (χ2n) is 4.46. The lowest BCUT2D eigenvalue weighted by Crippen LogP contribution is -2.14. The Morgan fingerprint density at radius 1 is 1.05 bits per heavy atom. The summed E-state index contributed by atoms with van der Waals surface area (Å²) in [4.78, 5) is 4.38. The van der Waals surface area contributed by atoms with Gasteiger partial charge in [0.25, 0.3) is 0 Å². The van der Waals surface area contributed by atoms with Gasteiger partial charge in [0.05, 0.1) is 6.54 Å². The highest BCUT2D eigenvalue weighted by Crippen LogP contribution is 2.24. The molecule has 0 saturated carbocycles. The summed E-state index contributed by atoms with van der Waals surface area (Å²) >= 11 is 1.74. The average molecular weight is 284 g/mol. The number of hydrogen-bond donors (Lipinski definition) is 1. The number of ether oxygens (including phenoxy) is 1. The number of hydrogen-bond acceptors (Lipinski definition) is 4. The summed E-state index contributed by atoms with van der Waals surface area (Å²) in [6.07, 6.45) is 0. The van der Waals surface area contributed by atoms with Crippen LogP contribution in [0, 0.1) is 0 Å². The molecule has 0 fully saturated rings. The van der Waals surface area contributed by atoms with Crippen LogP contribution in [0.3, 0.4) is 0 Å². The fourth-order valence-electron chi connectivity index (χ4n) is 1.95. The van der Waals surface area contributed by atoms with Gasteiger partial charge in [0, 0.05) is 12.3 Å². The van der Waals surface area contributed by atoms with Crippen molar-refractivity contribution in [2.24, 2.45) is 4.99 Å². The Balaban J connectivity index is 1.63. The van der Waals surface area contributed by atoms with E-state index in [-0.39, 0.29) is 0 Å². The minimum absolute atomic E-state index is 0.860. The number of amidine groups is 1. The molecule has 2 aromatic carbocycles. The zero-order valence-corrected chi connectivity index (χ0v) is 11.9. The Labute approximate surface area is 123 Å². The van der Waals surface area contributed by atoms with Crippen LogP contribution < -0.4 is 10.1 Å². The number of nitrogens with one attached hydrogen (secondary N) is 1. The first kappa shape index (κ1) is 13.1. The number of benzene rings is 2. The predicted molar refractivity (Wildman–Crippen MR) is 84.6 cm³/mol. The second-order valence-corrected chi connectivity index (χ2v) is 5.43. The van der Waals surface area contributed by atoms with Gasteiger partial charge in [-0.25, -0.2) is 0 Å². The van der Waals surface area contributed by atoms with Crippen molar-refractivity contribution in [2.75, 3.05) is 13.1 Å². The van der Waals surface area contributed by atoms with Crippen molar-refractivity contribution in [3.8, 4) is 11.5 Å². The van der Waals surface area contributed by atoms with Gasteiger partial charge < -0.3 is 10.1 Å². The van der Waals surface area contributed by atoms with Crippen LogP contribution in [0.5, 0.6) is 11.5 Å². The van der Waals surface area contributed by atoms with Crippen molar-refractivity contribution >= 4 is 16.9 Å². The topological polar surface area (TPSA) is 33.6 Å². The van der Waals surface area contributed by atoms with E-state index >= 15 is 0 Å². The van der Waals surface area contributed by atoms with Crippen molar-refractivity contribution in [1.82, 2.24) is 5.32 Å². The maximum absolute atomic E-state index is 5.84. The average Bonchev–Trinajstić information content (AvgIpc) is 3.00. The first-order valence-corrected chi connectivity index (χ1v) is 7.62. The van der Waals surface area contributed by atoms with E-state index in [1.54, 1.807) is 11.8 Å². The molecule has 2 aromatic rings. The van der Waals surface area contributed by atoms with Crippen LogP contribution >= 0.6 is 11.8 Å². The van der Waals surface area contributed by atoms with Crippen LogP contribution in [0.1, 0.15) is 5.56 Å². The lowest BCUT2D eigenvalue weighted by atomic mass is 10.2. The van der Waals surface area contributed by atoms with Gasteiger partial charge >= 0.3 is 0 Å². The third kappa shape index (κ3) is 3.54. The highest BCUT2D eigenvalue weighted by molar-refractivity contribution is 8.13. The summed E-state index contributed by atoms with van der Waals surface area (Å²) in [5, 5.41) is 4.30. The van der Waals surface area contributed by atoms with Gasteiger partial charge in [0.1, 0.15) is 11.5 Å². The second kappa shape index (κ2) is 6.48. The monoisotopic (exact) mass is 284 g/mol. The maximum Gasteiger partial charge on any atom is 0.157 e. The molecule has 1 N–H and O–H groups in total. The normalized spacial score (nSPS) is 13.7. The predicted octanol–water partition coefficient (Wildman–Crippen LogP) is 3.67. The summed E-state index contributed by atoms with van der Waals surface area (Å²) < 4.78 is 5.84. The Bertz CT molecular complexity index is 598. The Morgan fingerprint density at radius 2 is 1.90 bits per heavy atom. The smallest absolute Gasteiger partial charge is 0.157 e. The standard InChI is InChI=1S/C16H16N2OS/c1-2-6-14(7-3-1)19-15-8-4-5-13(11-15)12-20-16-17-9-10-18-16/h1-8,11H,9-10,12H2,(H,17,18). The lowest BCUT2D eigenvalue weighted by molar-refractivity contribution is 0.482. The van der Waals surface area contributed by atoms with Gasteiger partial charge in [-0.3, -0.25) is 4.99 Å². The largest absolute Gasteiger partial charge is 0.457 e. The molecule has 4 heteroatoms. The Hall–Kier alpha value is -1.94. The number of nitrogens with zero attached hydrogens (tertiary/aromatic N) is 1. The summed E-state index contributed by atoms with van der Waals surface area (Å²) in [5.74, 6) is 2.63. The molecule has 1 aliphatic heterocycles. The van der Waals surface area contributed by atoms with Crippen LogP contribution in [0.25, 0.3) is 0 Å². The molecule has 0 atom stereocenters. The minimum atomic E-state index is 0.860. The Kier molecular flexibility index (Phi) is 4.23. The third-order valence-corrected chi connectivity index (χ3v) is 3.92. The molecular formula is C16H16N2OS. The maximum atomic E-state index is 5.84. The molecule has 20 heavy (non-hydrogen) atoms. The van der Waals surface area contributed by atoms with Crippen molar-refractivity contribution < 1.29 is 4.74 Å². The van der Waals surface area contributed by atoms with E-state index in [9.17, 15) is 0 Å². The summed E-state index contributed by atoms with van der Waals surface area (Å²) in [7, 11) is 0. The van der Waals surface area contributed by atoms with Crippen LogP contribution in [-0.4, -0.2) is 18.3 Å². The molecular weight excluding hydrogens is 268 g/mol. The molecule has 0 unspecified atom stereocenters. The van der Waals surface area contributed by atoms with Gasteiger partial charge in [0.15, 0.2) is 5.17 Å². The van der Waals surface area contributed by atoms with Crippen LogP contribution in [-0.2, 0) is 5.75 Å². The van der Waals surface area contributed by atoms with Gasteiger partial charge in [-0.1, -0.05) is 42.1 Å². The van der Waals surface area contributed by atoms with E-state index in [1.165, 1.54) is 5.56 Å². The number of thioether (sulfide) groups is 1. The van der Waals surface area contributed by atoms with Crippen LogP contribution in [0.4, 0.5) is 0 Å². The lowest BCUT2D eigenvalue weighted by Gasteiger charge is -2.07. The number of aliphatic imine (C=N–C) groups is 1. The molecule has 0 spiro atoms. The van der Waals surface area contributed by atoms with E-state index in [1.807, 2.05) is 42.5 Å². The van der Waals surface area contributed by atoms with Crippen LogP contribution in [0.15, 0.2) is 59.6 Å². The third-order valence-electron chi connectivity index (χ3n) is 2.90. The van der Waals surface area contributed by atoms with Gasteiger partial charge in [-0.2, -0.15) is 0 Å². The van der Waals surface area contributed by atoms with Gasteiger partial charge in [-0.15, -0.1) is 0 Å². The van der Waals surface area contributed by atoms with Crippen molar-refractivity contribution in [2.45, 2.75) is 5.75 Å². The SMILES string of the molecule is c1ccc(Oc2cccc(CSC3=NCCN3)c2)cc1. The van der Waals surface area contributed by atoms with E-state index in [0.29, 0.717) is 0 Å². The molecule has 3 nitrogen and oxygen atoms in total. The van der Waals surface area contributed by atoms with Crippen molar-refractivity contribution in [3.63, 3.8) is 0 Å². The van der Waals surface area contributed by atoms with Crippen molar-refractivity contribution in [3.05, 3.63) is 60.2 Å². The molecule has 0 aliphatic carbocycles. The molecule has 0 aromatic heterocycles.